The van der Waals surface area contributed by atoms with Gasteiger partial charge in [-0.15, -0.1) is 11.3 Å². The first kappa shape index (κ1) is 7.55. The Bertz CT molecular complexity index is 220. The second-order valence-corrected chi connectivity index (χ2v) is 3.75. The highest BCUT2D eigenvalue weighted by Gasteiger charge is 2.00. The fourth-order valence-corrected chi connectivity index (χ4v) is 1.65. The van der Waals surface area contributed by atoms with Gasteiger partial charge in [0.15, 0.2) is 0 Å². The molecule has 0 amide bonds. The molecule has 10 heavy (non-hydrogen) atoms. The van der Waals surface area contributed by atoms with Gasteiger partial charge in [0, 0.05) is 9.75 Å². The molecule has 0 aliphatic rings. The zero-order valence-corrected chi connectivity index (χ0v) is 7.24. The molecule has 0 nitrogen and oxygen atoms in total. The van der Waals surface area contributed by atoms with Crippen LogP contribution < -0.4 is 0 Å². The summed E-state index contributed by atoms with van der Waals surface area (Å²) in [5.41, 5.74) is 0. The smallest absolute Gasteiger partial charge is 0.0267 e. The van der Waals surface area contributed by atoms with Gasteiger partial charge in [0.1, 0.15) is 0 Å². The number of rotatable bonds is 2. The molecule has 1 rings (SSSR count). The average molecular weight is 152 g/mol. The summed E-state index contributed by atoms with van der Waals surface area (Å²) in [6.07, 6.45) is 1.90. The Morgan fingerprint density at radius 3 is 2.50 bits per heavy atom. The maximum atomic E-state index is 3.71. The van der Waals surface area contributed by atoms with Crippen LogP contribution in [0.3, 0.4) is 0 Å². The summed E-state index contributed by atoms with van der Waals surface area (Å²) >= 11 is 1.82. The first-order chi connectivity index (χ1) is 4.74. The van der Waals surface area contributed by atoms with E-state index in [0.29, 0.717) is 5.92 Å². The molecule has 54 valence electrons. The van der Waals surface area contributed by atoms with Gasteiger partial charge in [-0.3, -0.25) is 0 Å². The quantitative estimate of drug-likeness (QED) is 0.608. The minimum atomic E-state index is 0.652. The molecule has 0 saturated carbocycles. The minimum Gasteiger partial charge on any atom is -0.141 e. The van der Waals surface area contributed by atoms with Crippen molar-refractivity contribution >= 4 is 17.4 Å². The Morgan fingerprint density at radius 1 is 1.50 bits per heavy atom. The van der Waals surface area contributed by atoms with Crippen molar-refractivity contribution in [2.75, 3.05) is 0 Å². The van der Waals surface area contributed by atoms with E-state index in [9.17, 15) is 0 Å². The van der Waals surface area contributed by atoms with Gasteiger partial charge in [0.05, 0.1) is 0 Å². The van der Waals surface area contributed by atoms with Crippen molar-refractivity contribution in [1.82, 2.24) is 0 Å². The van der Waals surface area contributed by atoms with Crippen molar-refractivity contribution in [3.8, 4) is 0 Å². The molecule has 0 unspecified atom stereocenters. The number of hydrogen-bond acceptors (Lipinski definition) is 1. The lowest BCUT2D eigenvalue weighted by Crippen LogP contribution is -1.77. The van der Waals surface area contributed by atoms with E-state index in [0.717, 1.165) is 0 Å². The molecule has 1 heteroatoms. The fourth-order valence-electron chi connectivity index (χ4n) is 0.788. The molecule has 0 spiro atoms. The van der Waals surface area contributed by atoms with Crippen molar-refractivity contribution in [3.63, 3.8) is 0 Å². The largest absolute Gasteiger partial charge is 0.141 e. The molecule has 0 N–H and O–H groups in total. The minimum absolute atomic E-state index is 0.652. The van der Waals surface area contributed by atoms with E-state index in [4.69, 9.17) is 0 Å². The molecule has 0 aromatic carbocycles. The molecule has 0 aliphatic heterocycles. The standard InChI is InChI=1S/C9H12S/c1-4-8-5-6-9(10-8)7(2)3/h4-7H,1H2,2-3H3. The second-order valence-electron chi connectivity index (χ2n) is 2.60. The van der Waals surface area contributed by atoms with E-state index in [1.54, 1.807) is 0 Å². The normalized spacial score (nSPS) is 10.3. The van der Waals surface area contributed by atoms with Gasteiger partial charge in [-0.25, -0.2) is 0 Å². The summed E-state index contributed by atoms with van der Waals surface area (Å²) in [4.78, 5) is 2.71. The van der Waals surface area contributed by atoms with E-state index < -0.39 is 0 Å². The molecule has 1 aromatic rings. The van der Waals surface area contributed by atoms with Crippen LogP contribution in [0.5, 0.6) is 0 Å². The monoisotopic (exact) mass is 152 g/mol. The Balaban J connectivity index is 2.88. The van der Waals surface area contributed by atoms with E-state index in [1.807, 2.05) is 17.4 Å². The first-order valence-corrected chi connectivity index (χ1v) is 4.28. The van der Waals surface area contributed by atoms with Gasteiger partial charge in [0.25, 0.3) is 0 Å². The van der Waals surface area contributed by atoms with Gasteiger partial charge >= 0.3 is 0 Å². The van der Waals surface area contributed by atoms with Crippen LogP contribution in [0.2, 0.25) is 0 Å². The molecule has 0 atom stereocenters. The van der Waals surface area contributed by atoms with Gasteiger partial charge in [0.2, 0.25) is 0 Å². The summed E-state index contributed by atoms with van der Waals surface area (Å²) in [7, 11) is 0. The van der Waals surface area contributed by atoms with E-state index in [1.165, 1.54) is 9.75 Å². The zero-order chi connectivity index (χ0) is 7.56. The Kier molecular flexibility index (Phi) is 2.28. The molecular formula is C9H12S. The predicted octanol–water partition coefficient (Wildman–Crippen LogP) is 3.51. The first-order valence-electron chi connectivity index (χ1n) is 3.46. The van der Waals surface area contributed by atoms with Gasteiger partial charge in [-0.2, -0.15) is 0 Å². The van der Waals surface area contributed by atoms with E-state index in [2.05, 4.69) is 32.6 Å². The molecule has 0 aliphatic carbocycles. The summed E-state index contributed by atoms with van der Waals surface area (Å²) in [5, 5.41) is 0. The molecule has 0 fully saturated rings. The SMILES string of the molecule is C=Cc1ccc(C(C)C)s1. The molecule has 0 bridgehead atoms. The summed E-state index contributed by atoms with van der Waals surface area (Å²) in [6.45, 7) is 8.13. The third kappa shape index (κ3) is 1.48. The lowest BCUT2D eigenvalue weighted by molar-refractivity contribution is 0.890. The summed E-state index contributed by atoms with van der Waals surface area (Å²) < 4.78 is 0. The number of hydrogen-bond donors (Lipinski definition) is 0. The van der Waals surface area contributed by atoms with Crippen molar-refractivity contribution in [2.45, 2.75) is 19.8 Å². The Hall–Kier alpha value is -0.560. The van der Waals surface area contributed by atoms with Crippen LogP contribution in [0.4, 0.5) is 0 Å². The van der Waals surface area contributed by atoms with Crippen LogP contribution in [-0.4, -0.2) is 0 Å². The predicted molar refractivity (Wildman–Crippen MR) is 48.5 cm³/mol. The Morgan fingerprint density at radius 2 is 2.20 bits per heavy atom. The van der Waals surface area contributed by atoms with Crippen molar-refractivity contribution in [3.05, 3.63) is 28.5 Å². The third-order valence-electron chi connectivity index (χ3n) is 1.42. The van der Waals surface area contributed by atoms with E-state index in [-0.39, 0.29) is 0 Å². The van der Waals surface area contributed by atoms with Gasteiger partial charge in [-0.05, 0) is 18.1 Å². The average Bonchev–Trinajstić information content (AvgIpc) is 2.34. The van der Waals surface area contributed by atoms with Gasteiger partial charge < -0.3 is 0 Å². The number of thiophene rings is 1. The fraction of sp³-hybridized carbons (Fsp3) is 0.333. The lowest BCUT2D eigenvalue weighted by Gasteiger charge is -1.96. The highest BCUT2D eigenvalue weighted by molar-refractivity contribution is 7.12. The lowest BCUT2D eigenvalue weighted by atomic mass is 10.2. The van der Waals surface area contributed by atoms with Crippen LogP contribution in [-0.2, 0) is 0 Å². The van der Waals surface area contributed by atoms with E-state index >= 15 is 0 Å². The molecular weight excluding hydrogens is 140 g/mol. The molecule has 1 heterocycles. The maximum Gasteiger partial charge on any atom is 0.0267 e. The highest BCUT2D eigenvalue weighted by Crippen LogP contribution is 2.24. The van der Waals surface area contributed by atoms with Crippen LogP contribution in [0.25, 0.3) is 6.08 Å². The zero-order valence-electron chi connectivity index (χ0n) is 6.42. The molecule has 0 radical (unpaired) electrons. The summed E-state index contributed by atoms with van der Waals surface area (Å²) in [6, 6.07) is 4.29. The van der Waals surface area contributed by atoms with Crippen molar-refractivity contribution in [1.29, 1.82) is 0 Å². The van der Waals surface area contributed by atoms with Crippen molar-refractivity contribution < 1.29 is 0 Å². The maximum absolute atomic E-state index is 3.71. The highest BCUT2D eigenvalue weighted by atomic mass is 32.1. The second kappa shape index (κ2) is 3.02. The van der Waals surface area contributed by atoms with Crippen LogP contribution >= 0.6 is 11.3 Å². The summed E-state index contributed by atoms with van der Waals surface area (Å²) in [5.74, 6) is 0.652. The molecule has 1 aromatic heterocycles. The van der Waals surface area contributed by atoms with Crippen LogP contribution in [0.1, 0.15) is 29.5 Å². The Labute approximate surface area is 66.2 Å². The van der Waals surface area contributed by atoms with Crippen LogP contribution in [0, 0.1) is 0 Å². The van der Waals surface area contributed by atoms with Crippen molar-refractivity contribution in [2.24, 2.45) is 0 Å². The third-order valence-corrected chi connectivity index (χ3v) is 2.80. The van der Waals surface area contributed by atoms with Crippen LogP contribution in [0.15, 0.2) is 18.7 Å². The van der Waals surface area contributed by atoms with Gasteiger partial charge in [-0.1, -0.05) is 26.5 Å². The topological polar surface area (TPSA) is 0 Å². The molecule has 0 saturated heterocycles.